The van der Waals surface area contributed by atoms with Gasteiger partial charge >= 0.3 is 12.1 Å². The normalized spacial score (nSPS) is 18.5. The lowest BCUT2D eigenvalue weighted by Gasteiger charge is -2.30. The molecule has 2 amide bonds. The number of likely N-dealkylation sites (tertiary alicyclic amines) is 1. The SMILES string of the molecule is CC[C@H](NC(=O)OCc1ccccc1)C(=O)N1CCCCCC1C(=O)O. The molecule has 1 saturated heterocycles. The monoisotopic (exact) mass is 362 g/mol. The van der Waals surface area contributed by atoms with Crippen molar-refractivity contribution in [2.75, 3.05) is 6.54 Å². The Bertz CT molecular complexity index is 620. The molecule has 1 aliphatic rings. The minimum atomic E-state index is -0.998. The number of ether oxygens (including phenoxy) is 1. The van der Waals surface area contributed by atoms with Gasteiger partial charge in [-0.05, 0) is 24.8 Å². The molecule has 1 aromatic rings. The van der Waals surface area contributed by atoms with E-state index in [4.69, 9.17) is 4.74 Å². The maximum absolute atomic E-state index is 12.8. The number of rotatable bonds is 6. The molecule has 26 heavy (non-hydrogen) atoms. The fourth-order valence-electron chi connectivity index (χ4n) is 3.07. The van der Waals surface area contributed by atoms with Crippen molar-refractivity contribution in [3.63, 3.8) is 0 Å². The van der Waals surface area contributed by atoms with Gasteiger partial charge in [0.25, 0.3) is 0 Å². The number of aliphatic carboxylic acids is 1. The highest BCUT2D eigenvalue weighted by molar-refractivity contribution is 5.89. The molecule has 2 N–H and O–H groups in total. The average Bonchev–Trinajstić information content (AvgIpc) is 2.91. The summed E-state index contributed by atoms with van der Waals surface area (Å²) in [5.74, 6) is -1.36. The van der Waals surface area contributed by atoms with Crippen molar-refractivity contribution >= 4 is 18.0 Å². The first-order chi connectivity index (χ1) is 12.5. The van der Waals surface area contributed by atoms with E-state index < -0.39 is 24.1 Å². The van der Waals surface area contributed by atoms with Crippen molar-refractivity contribution in [3.05, 3.63) is 35.9 Å². The van der Waals surface area contributed by atoms with Crippen LogP contribution in [0.5, 0.6) is 0 Å². The number of hydrogen-bond acceptors (Lipinski definition) is 4. The van der Waals surface area contributed by atoms with Gasteiger partial charge in [-0.15, -0.1) is 0 Å². The molecule has 7 heteroatoms. The Morgan fingerprint density at radius 2 is 1.96 bits per heavy atom. The molecule has 2 atom stereocenters. The lowest BCUT2D eigenvalue weighted by atomic mass is 10.1. The van der Waals surface area contributed by atoms with Crippen LogP contribution in [-0.2, 0) is 20.9 Å². The Balaban J connectivity index is 1.95. The van der Waals surface area contributed by atoms with E-state index in [9.17, 15) is 19.5 Å². The summed E-state index contributed by atoms with van der Waals surface area (Å²) in [5.41, 5.74) is 0.848. The fraction of sp³-hybridized carbons (Fsp3) is 0.526. The molecule has 0 bridgehead atoms. The third kappa shape index (κ3) is 5.47. The van der Waals surface area contributed by atoms with Gasteiger partial charge in [-0.25, -0.2) is 9.59 Å². The molecule has 0 saturated carbocycles. The summed E-state index contributed by atoms with van der Waals surface area (Å²) >= 11 is 0. The summed E-state index contributed by atoms with van der Waals surface area (Å²) in [4.78, 5) is 37.7. The van der Waals surface area contributed by atoms with E-state index in [2.05, 4.69) is 5.32 Å². The average molecular weight is 362 g/mol. The maximum atomic E-state index is 12.8. The van der Waals surface area contributed by atoms with Gasteiger partial charge in [-0.1, -0.05) is 50.1 Å². The first-order valence-corrected chi connectivity index (χ1v) is 9.03. The predicted molar refractivity (Wildman–Crippen MR) is 95.4 cm³/mol. The molecule has 0 aromatic heterocycles. The third-order valence-corrected chi connectivity index (χ3v) is 4.53. The topological polar surface area (TPSA) is 95.9 Å². The van der Waals surface area contributed by atoms with Gasteiger partial charge in [0, 0.05) is 6.54 Å². The Hall–Kier alpha value is -2.57. The van der Waals surface area contributed by atoms with Crippen molar-refractivity contribution < 1.29 is 24.2 Å². The molecular formula is C19H26N2O5. The zero-order valence-corrected chi connectivity index (χ0v) is 15.0. The Morgan fingerprint density at radius 1 is 1.23 bits per heavy atom. The molecule has 142 valence electrons. The number of carboxylic acids is 1. The fourth-order valence-corrected chi connectivity index (χ4v) is 3.07. The van der Waals surface area contributed by atoms with Gasteiger partial charge in [0.05, 0.1) is 0 Å². The van der Waals surface area contributed by atoms with Crippen LogP contribution in [0.1, 0.15) is 44.6 Å². The Kier molecular flexibility index (Phi) is 7.44. The van der Waals surface area contributed by atoms with Crippen LogP contribution < -0.4 is 5.32 Å². The van der Waals surface area contributed by atoms with Gasteiger partial charge in [0.2, 0.25) is 5.91 Å². The zero-order valence-electron chi connectivity index (χ0n) is 15.0. The maximum Gasteiger partial charge on any atom is 0.408 e. The molecule has 0 radical (unpaired) electrons. The highest BCUT2D eigenvalue weighted by Gasteiger charge is 2.34. The first-order valence-electron chi connectivity index (χ1n) is 9.03. The van der Waals surface area contributed by atoms with E-state index in [0.29, 0.717) is 19.4 Å². The number of alkyl carbamates (subject to hydrolysis) is 1. The molecule has 2 rings (SSSR count). The Labute approximate surface area is 153 Å². The number of nitrogens with one attached hydrogen (secondary N) is 1. The molecule has 1 heterocycles. The van der Waals surface area contributed by atoms with Gasteiger partial charge in [-0.2, -0.15) is 0 Å². The van der Waals surface area contributed by atoms with E-state index in [1.54, 1.807) is 6.92 Å². The first kappa shape index (κ1) is 19.8. The van der Waals surface area contributed by atoms with Gasteiger partial charge in [0.15, 0.2) is 0 Å². The molecule has 0 aliphatic carbocycles. The van der Waals surface area contributed by atoms with Crippen LogP contribution in [0.4, 0.5) is 4.79 Å². The van der Waals surface area contributed by atoms with E-state index in [1.807, 2.05) is 30.3 Å². The van der Waals surface area contributed by atoms with E-state index >= 15 is 0 Å². The molecule has 1 fully saturated rings. The highest BCUT2D eigenvalue weighted by Crippen LogP contribution is 2.18. The smallest absolute Gasteiger partial charge is 0.408 e. The second kappa shape index (κ2) is 9.79. The van der Waals surface area contributed by atoms with Crippen LogP contribution in [-0.4, -0.2) is 46.6 Å². The minimum absolute atomic E-state index is 0.110. The Morgan fingerprint density at radius 3 is 2.62 bits per heavy atom. The highest BCUT2D eigenvalue weighted by atomic mass is 16.5. The van der Waals surface area contributed by atoms with E-state index in [-0.39, 0.29) is 12.5 Å². The standard InChI is InChI=1S/C19H26N2O5/c1-2-15(20-19(25)26-13-14-9-5-3-6-10-14)17(22)21-12-8-4-7-11-16(21)18(23)24/h3,5-6,9-10,15-16H,2,4,7-8,11-13H2,1H3,(H,20,25)(H,23,24)/t15-,16?/m0/s1. The number of carboxylic acid groups (broad SMARTS) is 1. The van der Waals surface area contributed by atoms with Crippen molar-refractivity contribution in [3.8, 4) is 0 Å². The van der Waals surface area contributed by atoms with Gasteiger partial charge < -0.3 is 20.1 Å². The second-order valence-corrected chi connectivity index (χ2v) is 6.40. The molecule has 1 aromatic carbocycles. The number of carbonyl (C=O) groups excluding carboxylic acids is 2. The van der Waals surface area contributed by atoms with Crippen molar-refractivity contribution in [2.24, 2.45) is 0 Å². The number of amides is 2. The largest absolute Gasteiger partial charge is 0.480 e. The number of hydrogen-bond donors (Lipinski definition) is 2. The number of carbonyl (C=O) groups is 3. The van der Waals surface area contributed by atoms with Crippen LogP contribution in [0.3, 0.4) is 0 Å². The molecule has 1 aliphatic heterocycles. The van der Waals surface area contributed by atoms with Crippen molar-refractivity contribution in [1.82, 2.24) is 10.2 Å². The number of benzene rings is 1. The van der Waals surface area contributed by atoms with Gasteiger partial charge in [-0.3, -0.25) is 4.79 Å². The van der Waals surface area contributed by atoms with Crippen molar-refractivity contribution in [2.45, 2.75) is 57.7 Å². The minimum Gasteiger partial charge on any atom is -0.480 e. The molecule has 7 nitrogen and oxygen atoms in total. The zero-order chi connectivity index (χ0) is 18.9. The quantitative estimate of drug-likeness (QED) is 0.811. The van der Waals surface area contributed by atoms with Crippen LogP contribution in [0, 0.1) is 0 Å². The van der Waals surface area contributed by atoms with E-state index in [0.717, 1.165) is 24.8 Å². The van der Waals surface area contributed by atoms with Gasteiger partial charge in [0.1, 0.15) is 18.7 Å². The molecule has 1 unspecified atom stereocenters. The lowest BCUT2D eigenvalue weighted by Crippen LogP contribution is -2.53. The summed E-state index contributed by atoms with van der Waals surface area (Å²) in [6.45, 7) is 2.28. The third-order valence-electron chi connectivity index (χ3n) is 4.53. The van der Waals surface area contributed by atoms with Crippen molar-refractivity contribution in [1.29, 1.82) is 0 Å². The summed E-state index contributed by atoms with van der Waals surface area (Å²) in [6.07, 6.45) is 2.57. The molecule has 0 spiro atoms. The summed E-state index contributed by atoms with van der Waals surface area (Å²) in [5, 5.41) is 12.0. The van der Waals surface area contributed by atoms with Crippen LogP contribution in [0.2, 0.25) is 0 Å². The molecular weight excluding hydrogens is 336 g/mol. The summed E-state index contributed by atoms with van der Waals surface area (Å²) in [7, 11) is 0. The van der Waals surface area contributed by atoms with Crippen LogP contribution in [0.15, 0.2) is 30.3 Å². The van der Waals surface area contributed by atoms with Crippen LogP contribution >= 0.6 is 0 Å². The summed E-state index contributed by atoms with van der Waals surface area (Å²) < 4.78 is 5.16. The summed E-state index contributed by atoms with van der Waals surface area (Å²) in [6, 6.07) is 7.62. The lowest BCUT2D eigenvalue weighted by molar-refractivity contribution is -0.151. The predicted octanol–water partition coefficient (Wildman–Crippen LogP) is 2.55. The van der Waals surface area contributed by atoms with E-state index in [1.165, 1.54) is 4.90 Å². The van der Waals surface area contributed by atoms with Crippen LogP contribution in [0.25, 0.3) is 0 Å². The second-order valence-electron chi connectivity index (χ2n) is 6.40. The number of nitrogens with zero attached hydrogens (tertiary/aromatic N) is 1.